The van der Waals surface area contributed by atoms with Gasteiger partial charge in [-0.3, -0.25) is 9.59 Å². The van der Waals surface area contributed by atoms with E-state index in [1.807, 2.05) is 0 Å². The number of para-hydroxylation sites is 1. The maximum atomic E-state index is 13.9. The fourth-order valence-corrected chi connectivity index (χ4v) is 2.91. The molecular weight excluding hydrogens is 339 g/mol. The molecule has 0 aromatic heterocycles. The number of hydrogen-bond acceptors (Lipinski definition) is 4. The first-order valence-corrected chi connectivity index (χ1v) is 8.10. The lowest BCUT2D eigenvalue weighted by atomic mass is 10.1. The van der Waals surface area contributed by atoms with Crippen molar-refractivity contribution >= 4 is 23.2 Å². The number of amides is 2. The van der Waals surface area contributed by atoms with Gasteiger partial charge in [0.25, 0.3) is 0 Å². The average Bonchev–Trinajstić information content (AvgIpc) is 3.03. The number of benzene rings is 2. The minimum Gasteiger partial charge on any atom is -0.497 e. The number of methoxy groups -OCH3 is 2. The van der Waals surface area contributed by atoms with Crippen LogP contribution in [0, 0.1) is 11.7 Å². The Morgan fingerprint density at radius 1 is 1.15 bits per heavy atom. The van der Waals surface area contributed by atoms with E-state index in [-0.39, 0.29) is 30.5 Å². The molecular formula is C19H19FN2O4. The van der Waals surface area contributed by atoms with E-state index in [2.05, 4.69) is 5.32 Å². The van der Waals surface area contributed by atoms with Crippen LogP contribution in [0.5, 0.6) is 11.5 Å². The lowest BCUT2D eigenvalue weighted by Gasteiger charge is -2.17. The first kappa shape index (κ1) is 17.7. The van der Waals surface area contributed by atoms with E-state index in [4.69, 9.17) is 9.47 Å². The predicted octanol–water partition coefficient (Wildman–Crippen LogP) is 2.83. The molecule has 0 radical (unpaired) electrons. The molecule has 1 aliphatic rings. The zero-order chi connectivity index (χ0) is 18.7. The molecule has 0 bridgehead atoms. The quantitative estimate of drug-likeness (QED) is 0.892. The molecule has 2 aromatic rings. The monoisotopic (exact) mass is 358 g/mol. The number of hydrogen-bond donors (Lipinski definition) is 1. The Bertz CT molecular complexity index is 818. The molecule has 1 N–H and O–H groups in total. The molecule has 1 heterocycles. The largest absolute Gasteiger partial charge is 0.497 e. The van der Waals surface area contributed by atoms with Gasteiger partial charge >= 0.3 is 0 Å². The molecule has 7 heteroatoms. The minimum atomic E-state index is -0.570. The fourth-order valence-electron chi connectivity index (χ4n) is 2.91. The van der Waals surface area contributed by atoms with E-state index in [0.29, 0.717) is 17.2 Å². The molecule has 1 aliphatic heterocycles. The van der Waals surface area contributed by atoms with Gasteiger partial charge in [0.15, 0.2) is 0 Å². The molecule has 1 saturated heterocycles. The Kier molecular flexibility index (Phi) is 5.06. The molecule has 6 nitrogen and oxygen atoms in total. The van der Waals surface area contributed by atoms with Gasteiger partial charge in [-0.15, -0.1) is 0 Å². The van der Waals surface area contributed by atoms with Crippen molar-refractivity contribution < 1.29 is 23.5 Å². The van der Waals surface area contributed by atoms with Gasteiger partial charge in [0.05, 0.1) is 25.8 Å². The number of anilines is 2. The van der Waals surface area contributed by atoms with Crippen LogP contribution in [-0.2, 0) is 9.59 Å². The highest BCUT2D eigenvalue weighted by Crippen LogP contribution is 2.29. The highest BCUT2D eigenvalue weighted by atomic mass is 19.1. The second-order valence-corrected chi connectivity index (χ2v) is 5.95. The van der Waals surface area contributed by atoms with Crippen molar-refractivity contribution in [3.8, 4) is 11.5 Å². The van der Waals surface area contributed by atoms with Crippen LogP contribution in [-0.4, -0.2) is 32.6 Å². The van der Waals surface area contributed by atoms with E-state index >= 15 is 0 Å². The Labute approximate surface area is 150 Å². The lowest BCUT2D eigenvalue weighted by Crippen LogP contribution is -2.28. The molecule has 1 atom stereocenters. The summed E-state index contributed by atoms with van der Waals surface area (Å²) in [6.45, 7) is 0.132. The summed E-state index contributed by atoms with van der Waals surface area (Å²) in [5.41, 5.74) is 0.693. The highest BCUT2D eigenvalue weighted by molar-refractivity contribution is 6.03. The number of rotatable bonds is 5. The first-order chi connectivity index (χ1) is 12.5. The average molecular weight is 358 g/mol. The van der Waals surface area contributed by atoms with Gasteiger partial charge in [0.1, 0.15) is 17.3 Å². The molecule has 0 unspecified atom stereocenters. The van der Waals surface area contributed by atoms with Gasteiger partial charge in [-0.05, 0) is 12.1 Å². The maximum Gasteiger partial charge on any atom is 0.229 e. The smallest absolute Gasteiger partial charge is 0.229 e. The number of carbonyl (C=O) groups is 2. The fraction of sp³-hybridized carbons (Fsp3) is 0.263. The van der Waals surface area contributed by atoms with Crippen LogP contribution in [0.2, 0.25) is 0 Å². The molecule has 1 fully saturated rings. The summed E-state index contributed by atoms with van der Waals surface area (Å²) in [6, 6.07) is 11.0. The van der Waals surface area contributed by atoms with Crippen molar-refractivity contribution in [1.82, 2.24) is 0 Å². The molecule has 3 rings (SSSR count). The van der Waals surface area contributed by atoms with Gasteiger partial charge in [-0.2, -0.15) is 0 Å². The Hall–Kier alpha value is -3.09. The number of nitrogens with one attached hydrogen (secondary N) is 1. The summed E-state index contributed by atoms with van der Waals surface area (Å²) in [5.74, 6) is -0.574. The molecule has 26 heavy (non-hydrogen) atoms. The highest BCUT2D eigenvalue weighted by Gasteiger charge is 2.36. The third-order valence-corrected chi connectivity index (χ3v) is 4.26. The van der Waals surface area contributed by atoms with Crippen LogP contribution in [0.25, 0.3) is 0 Å². The van der Waals surface area contributed by atoms with Crippen LogP contribution < -0.4 is 19.7 Å². The molecule has 0 spiro atoms. The van der Waals surface area contributed by atoms with Gasteiger partial charge < -0.3 is 19.7 Å². The Morgan fingerprint density at radius 2 is 1.81 bits per heavy atom. The van der Waals surface area contributed by atoms with Crippen LogP contribution in [0.15, 0.2) is 42.5 Å². The van der Waals surface area contributed by atoms with Gasteiger partial charge in [-0.25, -0.2) is 4.39 Å². The van der Waals surface area contributed by atoms with E-state index in [0.717, 1.165) is 0 Å². The second-order valence-electron chi connectivity index (χ2n) is 5.95. The van der Waals surface area contributed by atoms with Crippen molar-refractivity contribution in [3.63, 3.8) is 0 Å². The van der Waals surface area contributed by atoms with Crippen molar-refractivity contribution in [3.05, 3.63) is 48.3 Å². The normalized spacial score (nSPS) is 16.5. The van der Waals surface area contributed by atoms with Gasteiger partial charge in [-0.1, -0.05) is 12.1 Å². The number of halogens is 1. The lowest BCUT2D eigenvalue weighted by molar-refractivity contribution is -0.122. The second kappa shape index (κ2) is 7.43. The standard InChI is InChI=1S/C19H19FN2O4/c1-25-14-8-13(9-15(10-14)26-2)21-19(24)12-7-18(23)22(11-12)17-6-4-3-5-16(17)20/h3-6,8-10,12H,7,11H2,1-2H3,(H,21,24)/t12-/m0/s1. The summed E-state index contributed by atoms with van der Waals surface area (Å²) >= 11 is 0. The topological polar surface area (TPSA) is 67.9 Å². The summed E-state index contributed by atoms with van der Waals surface area (Å²) in [7, 11) is 3.03. The Morgan fingerprint density at radius 3 is 2.42 bits per heavy atom. The number of ether oxygens (including phenoxy) is 2. The molecule has 136 valence electrons. The molecule has 0 saturated carbocycles. The van der Waals surface area contributed by atoms with Crippen LogP contribution >= 0.6 is 0 Å². The molecule has 2 aromatic carbocycles. The van der Waals surface area contributed by atoms with E-state index in [1.165, 1.54) is 31.3 Å². The Balaban J connectivity index is 1.74. The van der Waals surface area contributed by atoms with Gasteiger partial charge in [0, 0.05) is 36.9 Å². The van der Waals surface area contributed by atoms with Crippen molar-refractivity contribution in [2.45, 2.75) is 6.42 Å². The summed E-state index contributed by atoms with van der Waals surface area (Å²) in [6.07, 6.45) is 0.0290. The van der Waals surface area contributed by atoms with Gasteiger partial charge in [0.2, 0.25) is 11.8 Å². The molecule has 2 amide bonds. The van der Waals surface area contributed by atoms with E-state index in [1.54, 1.807) is 30.3 Å². The number of carbonyl (C=O) groups excluding carboxylic acids is 2. The SMILES string of the molecule is COc1cc(NC(=O)[C@H]2CC(=O)N(c3ccccc3F)C2)cc(OC)c1. The third kappa shape index (κ3) is 3.61. The third-order valence-electron chi connectivity index (χ3n) is 4.26. The first-order valence-electron chi connectivity index (χ1n) is 8.10. The van der Waals surface area contributed by atoms with Crippen molar-refractivity contribution in [2.75, 3.05) is 31.0 Å². The van der Waals surface area contributed by atoms with Crippen LogP contribution in [0.1, 0.15) is 6.42 Å². The van der Waals surface area contributed by atoms with E-state index in [9.17, 15) is 14.0 Å². The zero-order valence-electron chi connectivity index (χ0n) is 14.5. The van der Waals surface area contributed by atoms with E-state index < -0.39 is 11.7 Å². The maximum absolute atomic E-state index is 13.9. The van der Waals surface area contributed by atoms with Crippen LogP contribution in [0.4, 0.5) is 15.8 Å². The summed E-state index contributed by atoms with van der Waals surface area (Å²) in [5, 5.41) is 2.77. The van der Waals surface area contributed by atoms with Crippen molar-refractivity contribution in [2.24, 2.45) is 5.92 Å². The summed E-state index contributed by atoms with van der Waals surface area (Å²) in [4.78, 5) is 26.1. The zero-order valence-corrected chi connectivity index (χ0v) is 14.5. The summed E-state index contributed by atoms with van der Waals surface area (Å²) < 4.78 is 24.3. The minimum absolute atomic E-state index is 0.0290. The van der Waals surface area contributed by atoms with Crippen molar-refractivity contribution in [1.29, 1.82) is 0 Å². The number of nitrogens with zero attached hydrogens (tertiary/aromatic N) is 1. The van der Waals surface area contributed by atoms with Crippen LogP contribution in [0.3, 0.4) is 0 Å². The molecule has 0 aliphatic carbocycles. The predicted molar refractivity (Wildman–Crippen MR) is 95.0 cm³/mol.